The van der Waals surface area contributed by atoms with Crippen molar-refractivity contribution in [2.45, 2.75) is 32.6 Å². The van der Waals surface area contributed by atoms with Crippen LogP contribution in [0.1, 0.15) is 32.6 Å². The average Bonchev–Trinajstić information content (AvgIpc) is 2.09. The fourth-order valence-electron chi connectivity index (χ4n) is 1.08. The lowest BCUT2D eigenvalue weighted by Crippen LogP contribution is -1.94. The van der Waals surface area contributed by atoms with Gasteiger partial charge in [-0.3, -0.25) is 0 Å². The number of hydrogen-bond acceptors (Lipinski definition) is 2. The summed E-state index contributed by atoms with van der Waals surface area (Å²) in [7, 11) is 0. The summed E-state index contributed by atoms with van der Waals surface area (Å²) in [6.07, 6.45) is 7.91. The molecule has 0 aliphatic heterocycles. The van der Waals surface area contributed by atoms with Gasteiger partial charge in [0.1, 0.15) is 0 Å². The molecule has 0 radical (unpaired) electrons. The molecule has 0 fully saturated rings. The molecule has 1 atom stereocenters. The Kier molecular flexibility index (Phi) is 8.51. The molecule has 0 heterocycles. The molecule has 0 saturated heterocycles. The first-order valence-electron chi connectivity index (χ1n) is 4.68. The molecule has 0 spiro atoms. The fourth-order valence-corrected chi connectivity index (χ4v) is 1.08. The second kappa shape index (κ2) is 8.75. The maximum atomic E-state index is 8.57. The van der Waals surface area contributed by atoms with Crippen molar-refractivity contribution in [3.63, 3.8) is 0 Å². The first-order valence-corrected chi connectivity index (χ1v) is 4.68. The molecule has 0 aromatic carbocycles. The van der Waals surface area contributed by atoms with E-state index in [1.807, 2.05) is 6.08 Å². The first kappa shape index (κ1) is 11.7. The van der Waals surface area contributed by atoms with Crippen molar-refractivity contribution in [2.24, 2.45) is 5.92 Å². The number of rotatable bonds is 7. The van der Waals surface area contributed by atoms with Crippen LogP contribution in [0.3, 0.4) is 0 Å². The van der Waals surface area contributed by atoms with Crippen molar-refractivity contribution in [2.75, 3.05) is 13.2 Å². The van der Waals surface area contributed by atoms with Crippen LogP contribution in [0.25, 0.3) is 0 Å². The van der Waals surface area contributed by atoms with Crippen molar-refractivity contribution >= 4 is 0 Å². The second-order valence-electron chi connectivity index (χ2n) is 3.19. The van der Waals surface area contributed by atoms with E-state index < -0.39 is 0 Å². The Morgan fingerprint density at radius 3 is 2.50 bits per heavy atom. The van der Waals surface area contributed by atoms with Gasteiger partial charge in [0.2, 0.25) is 0 Å². The topological polar surface area (TPSA) is 40.5 Å². The van der Waals surface area contributed by atoms with Crippen LogP contribution in [0.5, 0.6) is 0 Å². The molecule has 0 aliphatic rings. The zero-order valence-corrected chi connectivity index (χ0v) is 7.87. The summed E-state index contributed by atoms with van der Waals surface area (Å²) in [5, 5.41) is 17.1. The van der Waals surface area contributed by atoms with Gasteiger partial charge in [-0.15, -0.1) is 0 Å². The number of hydrogen-bond donors (Lipinski definition) is 2. The molecule has 0 aliphatic carbocycles. The van der Waals surface area contributed by atoms with E-state index in [-0.39, 0.29) is 6.61 Å². The number of allylic oxidation sites excluding steroid dienone is 1. The van der Waals surface area contributed by atoms with Crippen molar-refractivity contribution in [3.8, 4) is 0 Å². The molecule has 0 aromatic rings. The Morgan fingerprint density at radius 2 is 1.92 bits per heavy atom. The Labute approximate surface area is 74.9 Å². The van der Waals surface area contributed by atoms with E-state index in [1.54, 1.807) is 0 Å². The lowest BCUT2D eigenvalue weighted by Gasteiger charge is -2.05. The summed E-state index contributed by atoms with van der Waals surface area (Å²) >= 11 is 0. The van der Waals surface area contributed by atoms with Gasteiger partial charge in [-0.05, 0) is 31.6 Å². The molecule has 0 aromatic heterocycles. The van der Waals surface area contributed by atoms with Gasteiger partial charge in [-0.25, -0.2) is 0 Å². The quantitative estimate of drug-likeness (QED) is 0.574. The molecule has 12 heavy (non-hydrogen) atoms. The van der Waals surface area contributed by atoms with Gasteiger partial charge < -0.3 is 10.2 Å². The molecule has 2 heteroatoms. The van der Waals surface area contributed by atoms with E-state index in [1.165, 1.54) is 0 Å². The minimum absolute atomic E-state index is 0.238. The van der Waals surface area contributed by atoms with Gasteiger partial charge in [0.25, 0.3) is 0 Å². The fraction of sp³-hybridized carbons (Fsp3) is 0.800. The smallest absolute Gasteiger partial charge is 0.0465 e. The highest BCUT2D eigenvalue weighted by Gasteiger charge is 1.97. The van der Waals surface area contributed by atoms with Gasteiger partial charge >= 0.3 is 0 Å². The highest BCUT2D eigenvalue weighted by molar-refractivity contribution is 4.82. The molecule has 2 N–H and O–H groups in total. The number of aliphatic hydroxyl groups is 2. The molecular formula is C10H20O2. The predicted molar refractivity (Wildman–Crippen MR) is 50.9 cm³/mol. The van der Waals surface area contributed by atoms with Crippen LogP contribution in [-0.2, 0) is 0 Å². The van der Waals surface area contributed by atoms with Crippen molar-refractivity contribution < 1.29 is 10.2 Å². The lowest BCUT2D eigenvalue weighted by molar-refractivity contribution is 0.274. The summed E-state index contributed by atoms with van der Waals surface area (Å²) in [5.74, 6) is 0.645. The largest absolute Gasteiger partial charge is 0.396 e. The maximum Gasteiger partial charge on any atom is 0.0465 e. The maximum absolute atomic E-state index is 8.57. The Bertz CT molecular complexity index is 110. The average molecular weight is 172 g/mol. The number of aliphatic hydroxyl groups excluding tert-OH is 2. The third-order valence-electron chi connectivity index (χ3n) is 1.86. The highest BCUT2D eigenvalue weighted by atomic mass is 16.3. The third kappa shape index (κ3) is 7.76. The van der Waals surface area contributed by atoms with Crippen LogP contribution in [0.15, 0.2) is 12.2 Å². The van der Waals surface area contributed by atoms with Crippen LogP contribution in [0, 0.1) is 5.92 Å². The Balaban J connectivity index is 3.23. The van der Waals surface area contributed by atoms with E-state index in [2.05, 4.69) is 13.0 Å². The van der Waals surface area contributed by atoms with Gasteiger partial charge in [0, 0.05) is 13.2 Å². The second-order valence-corrected chi connectivity index (χ2v) is 3.19. The van der Waals surface area contributed by atoms with E-state index in [9.17, 15) is 0 Å². The zero-order valence-electron chi connectivity index (χ0n) is 7.87. The lowest BCUT2D eigenvalue weighted by atomic mass is 10.0. The zero-order chi connectivity index (χ0) is 9.23. The summed E-state index contributed by atoms with van der Waals surface area (Å²) in [6, 6.07) is 0. The molecule has 0 saturated carbocycles. The summed E-state index contributed by atoms with van der Waals surface area (Å²) in [6.45, 7) is 2.71. The van der Waals surface area contributed by atoms with Crippen molar-refractivity contribution in [3.05, 3.63) is 12.2 Å². The molecular weight excluding hydrogens is 152 g/mol. The van der Waals surface area contributed by atoms with E-state index >= 15 is 0 Å². The van der Waals surface area contributed by atoms with Crippen LogP contribution < -0.4 is 0 Å². The molecule has 0 bridgehead atoms. The normalized spacial score (nSPS) is 13.9. The Morgan fingerprint density at radius 1 is 1.17 bits per heavy atom. The predicted octanol–water partition coefficient (Wildman–Crippen LogP) is 1.72. The van der Waals surface area contributed by atoms with E-state index in [0.717, 1.165) is 25.7 Å². The van der Waals surface area contributed by atoms with Gasteiger partial charge in [0.05, 0.1) is 0 Å². The molecule has 0 amide bonds. The first-order chi connectivity index (χ1) is 5.81. The molecule has 0 unspecified atom stereocenters. The molecule has 72 valence electrons. The van der Waals surface area contributed by atoms with E-state index in [4.69, 9.17) is 10.2 Å². The minimum Gasteiger partial charge on any atom is -0.396 e. The summed E-state index contributed by atoms with van der Waals surface area (Å²) < 4.78 is 0. The van der Waals surface area contributed by atoms with E-state index in [0.29, 0.717) is 12.5 Å². The van der Waals surface area contributed by atoms with Crippen LogP contribution in [0.2, 0.25) is 0 Å². The van der Waals surface area contributed by atoms with Crippen LogP contribution in [-0.4, -0.2) is 23.4 Å². The van der Waals surface area contributed by atoms with Gasteiger partial charge in [-0.1, -0.05) is 19.1 Å². The monoisotopic (exact) mass is 172 g/mol. The van der Waals surface area contributed by atoms with Gasteiger partial charge in [0.15, 0.2) is 0 Å². The minimum atomic E-state index is 0.238. The summed E-state index contributed by atoms with van der Waals surface area (Å²) in [4.78, 5) is 0. The van der Waals surface area contributed by atoms with Crippen LogP contribution in [0.4, 0.5) is 0 Å². The van der Waals surface area contributed by atoms with Gasteiger partial charge in [-0.2, -0.15) is 0 Å². The Hall–Kier alpha value is -0.340. The van der Waals surface area contributed by atoms with Crippen molar-refractivity contribution in [1.82, 2.24) is 0 Å². The standard InChI is InChI=1S/C10H20O2/c1-10(7-5-9-12)6-3-2-4-8-11/h2-3,10-12H,4-9H2,1H3/b3-2+/t10-/m0/s1. The third-order valence-corrected chi connectivity index (χ3v) is 1.86. The summed E-state index contributed by atoms with van der Waals surface area (Å²) in [5.41, 5.74) is 0. The molecule has 0 rings (SSSR count). The van der Waals surface area contributed by atoms with Crippen LogP contribution >= 0.6 is 0 Å². The van der Waals surface area contributed by atoms with Crippen molar-refractivity contribution in [1.29, 1.82) is 0 Å². The SMILES string of the molecule is C[C@@H](C/C=C/CCO)CCCO. The molecule has 2 nitrogen and oxygen atoms in total. The highest BCUT2D eigenvalue weighted by Crippen LogP contribution is 2.10.